The van der Waals surface area contributed by atoms with Gasteiger partial charge in [0.15, 0.2) is 0 Å². The molecular formula is C12H19N3. The lowest BCUT2D eigenvalue weighted by atomic mass is 9.85. The Morgan fingerprint density at radius 3 is 2.73 bits per heavy atom. The molecule has 0 aromatic heterocycles. The summed E-state index contributed by atoms with van der Waals surface area (Å²) in [5, 5.41) is 16.1. The maximum Gasteiger partial charge on any atom is 0.137 e. The van der Waals surface area contributed by atoms with Gasteiger partial charge in [-0.15, -0.1) is 0 Å². The molecule has 2 aliphatic rings. The van der Waals surface area contributed by atoms with E-state index in [9.17, 15) is 0 Å². The Morgan fingerprint density at radius 1 is 1.47 bits per heavy atom. The van der Waals surface area contributed by atoms with E-state index < -0.39 is 0 Å². The number of fused-ring (bicyclic) bond motifs is 2. The van der Waals surface area contributed by atoms with Crippen molar-refractivity contribution in [2.24, 2.45) is 17.6 Å². The van der Waals surface area contributed by atoms with Gasteiger partial charge in [0.1, 0.15) is 11.8 Å². The van der Waals surface area contributed by atoms with Crippen LogP contribution in [0.3, 0.4) is 0 Å². The third-order valence-electron chi connectivity index (χ3n) is 3.24. The average Bonchev–Trinajstić information content (AvgIpc) is 2.69. The second-order valence-electron chi connectivity index (χ2n) is 4.00. The summed E-state index contributed by atoms with van der Waals surface area (Å²) >= 11 is 0. The highest BCUT2D eigenvalue weighted by molar-refractivity contribution is 6.09. The minimum absolute atomic E-state index is 0.0779. The van der Waals surface area contributed by atoms with Crippen LogP contribution in [0.2, 0.25) is 0 Å². The second-order valence-corrected chi connectivity index (χ2v) is 4.00. The quantitative estimate of drug-likeness (QED) is 0.646. The molecule has 0 aliphatic heterocycles. The predicted molar refractivity (Wildman–Crippen MR) is 61.3 cm³/mol. The summed E-state index contributed by atoms with van der Waals surface area (Å²) in [6.07, 6.45) is 4.40. The van der Waals surface area contributed by atoms with Gasteiger partial charge in [-0.2, -0.15) is 5.26 Å². The number of allylic oxidation sites excluding steroid dienone is 2. The molecule has 15 heavy (non-hydrogen) atoms. The maximum absolute atomic E-state index is 8.63. The first-order chi connectivity index (χ1) is 7.22. The van der Waals surface area contributed by atoms with Gasteiger partial charge in [-0.05, 0) is 37.5 Å². The van der Waals surface area contributed by atoms with Crippen molar-refractivity contribution in [2.75, 3.05) is 0 Å². The summed E-state index contributed by atoms with van der Waals surface area (Å²) in [6, 6.07) is 1.88. The smallest absolute Gasteiger partial charge is 0.137 e. The molecule has 0 aromatic carbocycles. The molecule has 2 bridgehead atoms. The molecule has 0 heterocycles. The Labute approximate surface area is 91.5 Å². The van der Waals surface area contributed by atoms with E-state index in [0.717, 1.165) is 24.1 Å². The molecule has 1 fully saturated rings. The Balaban J connectivity index is 0.000000531. The van der Waals surface area contributed by atoms with Gasteiger partial charge >= 0.3 is 0 Å². The molecule has 0 radical (unpaired) electrons. The first-order valence-electron chi connectivity index (χ1n) is 5.70. The van der Waals surface area contributed by atoms with Gasteiger partial charge in [-0.25, -0.2) is 0 Å². The Kier molecular flexibility index (Phi) is 3.90. The Morgan fingerprint density at radius 2 is 2.13 bits per heavy atom. The van der Waals surface area contributed by atoms with E-state index >= 15 is 0 Å². The fraction of sp³-hybridized carbons (Fsp3) is 0.667. The molecule has 2 aliphatic carbocycles. The van der Waals surface area contributed by atoms with Crippen LogP contribution in [-0.4, -0.2) is 5.71 Å². The lowest BCUT2D eigenvalue weighted by molar-refractivity contribution is 0.492. The number of nitriles is 1. The van der Waals surface area contributed by atoms with Crippen LogP contribution >= 0.6 is 0 Å². The molecule has 0 saturated heterocycles. The fourth-order valence-electron chi connectivity index (χ4n) is 2.51. The molecule has 3 heteroatoms. The third kappa shape index (κ3) is 2.20. The summed E-state index contributed by atoms with van der Waals surface area (Å²) in [5.74, 6) is 1.14. The van der Waals surface area contributed by atoms with Crippen LogP contribution < -0.4 is 5.73 Å². The number of nitrogens with two attached hydrogens (primary N) is 1. The summed E-state index contributed by atoms with van der Waals surface area (Å²) in [6.45, 7) is 4.00. The molecule has 3 N–H and O–H groups in total. The molecular weight excluding hydrogens is 186 g/mol. The molecule has 0 spiro atoms. The number of nitrogens with zero attached hydrogens (tertiary/aromatic N) is 1. The highest BCUT2D eigenvalue weighted by Gasteiger charge is 2.34. The van der Waals surface area contributed by atoms with Crippen molar-refractivity contribution < 1.29 is 0 Å². The lowest BCUT2D eigenvalue weighted by Crippen LogP contribution is -2.21. The fourth-order valence-corrected chi connectivity index (χ4v) is 2.51. The van der Waals surface area contributed by atoms with Crippen LogP contribution in [0, 0.1) is 28.6 Å². The number of nitrogens with one attached hydrogen (secondary N) is 1. The SMILES string of the molecule is CC.N#CC(=N)C1=C(N)C2CCC(C1)C2. The first-order valence-corrected chi connectivity index (χ1v) is 5.70. The van der Waals surface area contributed by atoms with Crippen molar-refractivity contribution in [2.45, 2.75) is 39.5 Å². The van der Waals surface area contributed by atoms with Crippen LogP contribution in [0.25, 0.3) is 0 Å². The average molecular weight is 205 g/mol. The highest BCUT2D eigenvalue weighted by atomic mass is 14.7. The third-order valence-corrected chi connectivity index (χ3v) is 3.24. The normalized spacial score (nSPS) is 27.8. The van der Waals surface area contributed by atoms with Crippen LogP contribution in [0.4, 0.5) is 0 Å². The van der Waals surface area contributed by atoms with Gasteiger partial charge in [-0.1, -0.05) is 13.8 Å². The van der Waals surface area contributed by atoms with Crippen molar-refractivity contribution in [3.8, 4) is 6.07 Å². The largest absolute Gasteiger partial charge is 0.402 e. The first kappa shape index (κ1) is 11.8. The van der Waals surface area contributed by atoms with E-state index in [1.54, 1.807) is 0 Å². The maximum atomic E-state index is 8.63. The Bertz CT molecular complexity index is 322. The number of rotatable bonds is 1. The van der Waals surface area contributed by atoms with Gasteiger partial charge in [0, 0.05) is 11.3 Å². The zero-order chi connectivity index (χ0) is 11.4. The standard InChI is InChI=1S/C10H13N3.C2H6/c11-5-9(12)8-4-6-1-2-7(3-6)10(8)13;1-2/h6-7,12H,1-4,13H2;1-2H3. The van der Waals surface area contributed by atoms with E-state index in [1.807, 2.05) is 19.9 Å². The van der Waals surface area contributed by atoms with E-state index in [0.29, 0.717) is 11.8 Å². The summed E-state index contributed by atoms with van der Waals surface area (Å²) in [5.41, 5.74) is 7.64. The van der Waals surface area contributed by atoms with Crippen molar-refractivity contribution in [1.29, 1.82) is 10.7 Å². The molecule has 3 nitrogen and oxygen atoms in total. The van der Waals surface area contributed by atoms with Crippen LogP contribution in [0.1, 0.15) is 39.5 Å². The van der Waals surface area contributed by atoms with Crippen molar-refractivity contribution >= 4 is 5.71 Å². The van der Waals surface area contributed by atoms with Gasteiger partial charge in [0.05, 0.1) is 0 Å². The molecule has 2 unspecified atom stereocenters. The monoisotopic (exact) mass is 205 g/mol. The van der Waals surface area contributed by atoms with E-state index in [2.05, 4.69) is 0 Å². The van der Waals surface area contributed by atoms with Gasteiger partial charge in [0.25, 0.3) is 0 Å². The summed E-state index contributed by atoms with van der Waals surface area (Å²) in [7, 11) is 0. The zero-order valence-corrected chi connectivity index (χ0v) is 9.51. The van der Waals surface area contributed by atoms with Crippen LogP contribution in [0.15, 0.2) is 11.3 Å². The molecule has 0 amide bonds. The van der Waals surface area contributed by atoms with E-state index in [1.165, 1.54) is 12.8 Å². The van der Waals surface area contributed by atoms with E-state index in [-0.39, 0.29) is 5.71 Å². The topological polar surface area (TPSA) is 73.7 Å². The summed E-state index contributed by atoms with van der Waals surface area (Å²) < 4.78 is 0. The number of hydrogen-bond donors (Lipinski definition) is 2. The predicted octanol–water partition coefficient (Wildman–Crippen LogP) is 2.59. The molecule has 0 aromatic rings. The minimum atomic E-state index is 0.0779. The van der Waals surface area contributed by atoms with Crippen molar-refractivity contribution in [3.05, 3.63) is 11.3 Å². The Hall–Kier alpha value is -1.30. The van der Waals surface area contributed by atoms with Crippen LogP contribution in [0.5, 0.6) is 0 Å². The molecule has 2 atom stereocenters. The zero-order valence-electron chi connectivity index (χ0n) is 9.51. The molecule has 82 valence electrons. The molecule has 2 rings (SSSR count). The van der Waals surface area contributed by atoms with Crippen LogP contribution in [-0.2, 0) is 0 Å². The second kappa shape index (κ2) is 4.97. The summed E-state index contributed by atoms with van der Waals surface area (Å²) in [4.78, 5) is 0. The van der Waals surface area contributed by atoms with Crippen molar-refractivity contribution in [3.63, 3.8) is 0 Å². The van der Waals surface area contributed by atoms with Gasteiger partial charge < -0.3 is 5.73 Å². The highest BCUT2D eigenvalue weighted by Crippen LogP contribution is 2.43. The van der Waals surface area contributed by atoms with Crippen molar-refractivity contribution in [1.82, 2.24) is 0 Å². The minimum Gasteiger partial charge on any atom is -0.402 e. The lowest BCUT2D eigenvalue weighted by Gasteiger charge is -2.22. The van der Waals surface area contributed by atoms with Gasteiger partial charge in [-0.3, -0.25) is 5.41 Å². The van der Waals surface area contributed by atoms with E-state index in [4.69, 9.17) is 16.4 Å². The van der Waals surface area contributed by atoms with Gasteiger partial charge in [0.2, 0.25) is 0 Å². The number of hydrogen-bond acceptors (Lipinski definition) is 3. The molecule has 1 saturated carbocycles.